The molecule has 24 heavy (non-hydrogen) atoms. The van der Waals surface area contributed by atoms with Crippen LogP contribution in [0.4, 0.5) is 9.52 Å². The number of hydrogen-bond donors (Lipinski definition) is 1. The lowest BCUT2D eigenvalue weighted by Crippen LogP contribution is -2.12. The Morgan fingerprint density at radius 1 is 1.25 bits per heavy atom. The van der Waals surface area contributed by atoms with Crippen molar-refractivity contribution in [2.75, 3.05) is 5.32 Å². The van der Waals surface area contributed by atoms with Crippen molar-refractivity contribution < 1.29 is 9.18 Å². The summed E-state index contributed by atoms with van der Waals surface area (Å²) in [6, 6.07) is 6.32. The average Bonchev–Trinajstić information content (AvgIpc) is 3.23. The third-order valence-corrected chi connectivity index (χ3v) is 5.81. The van der Waals surface area contributed by atoms with Crippen LogP contribution in [0.3, 0.4) is 0 Å². The van der Waals surface area contributed by atoms with Crippen molar-refractivity contribution in [3.63, 3.8) is 0 Å². The first-order valence-corrected chi connectivity index (χ1v) is 9.56. The molecular weight excluding hydrogens is 369 g/mol. The molecule has 2 heterocycles. The van der Waals surface area contributed by atoms with Crippen molar-refractivity contribution in [1.82, 2.24) is 19.8 Å². The monoisotopic (exact) mass is 381 g/mol. The highest BCUT2D eigenvalue weighted by molar-refractivity contribution is 8.00. The van der Waals surface area contributed by atoms with E-state index in [0.29, 0.717) is 27.9 Å². The van der Waals surface area contributed by atoms with Gasteiger partial charge in [0.15, 0.2) is 4.34 Å². The molecule has 0 saturated heterocycles. The first-order chi connectivity index (χ1) is 11.7. The fraction of sp³-hybridized carbons (Fsp3) is 0.214. The van der Waals surface area contributed by atoms with Crippen LogP contribution in [-0.2, 0) is 12.2 Å². The van der Waals surface area contributed by atoms with Crippen LogP contribution < -0.4 is 5.32 Å². The van der Waals surface area contributed by atoms with Crippen LogP contribution >= 0.6 is 34.6 Å². The Hall–Kier alpha value is -1.91. The lowest BCUT2D eigenvalue weighted by molar-refractivity contribution is 0.102. The molecule has 0 saturated carbocycles. The van der Waals surface area contributed by atoms with Gasteiger partial charge in [0.05, 0.1) is 5.69 Å². The van der Waals surface area contributed by atoms with E-state index in [1.54, 1.807) is 12.1 Å². The first kappa shape index (κ1) is 16.9. The number of nitrogens with one attached hydrogen (secondary N) is 1. The Bertz CT molecular complexity index is 833. The maximum Gasteiger partial charge on any atom is 0.271 e. The van der Waals surface area contributed by atoms with E-state index in [1.807, 2.05) is 6.92 Å². The third-order valence-electron chi connectivity index (χ3n) is 3.00. The molecule has 2 aromatic heterocycles. The second kappa shape index (κ2) is 7.77. The van der Waals surface area contributed by atoms with Crippen molar-refractivity contribution in [3.8, 4) is 0 Å². The lowest BCUT2D eigenvalue weighted by Gasteiger charge is -1.99. The number of amides is 1. The number of aryl methyl sites for hydroxylation is 1. The molecule has 0 unspecified atom stereocenters. The number of carbonyl (C=O) groups excluding carboxylic acids is 1. The number of benzene rings is 1. The predicted molar refractivity (Wildman–Crippen MR) is 93.1 cm³/mol. The molecule has 0 spiro atoms. The number of rotatable bonds is 6. The fourth-order valence-electron chi connectivity index (χ4n) is 1.81. The Balaban J connectivity index is 1.59. The summed E-state index contributed by atoms with van der Waals surface area (Å²) >= 11 is 3.84. The van der Waals surface area contributed by atoms with Crippen LogP contribution in [0, 0.1) is 5.82 Å². The first-order valence-electron chi connectivity index (χ1n) is 6.99. The molecule has 1 N–H and O–H groups in total. The number of thioether (sulfide) groups is 1. The summed E-state index contributed by atoms with van der Waals surface area (Å²) < 4.78 is 17.4. The standard InChI is InChI=1S/C14H12FN5OS3/c1-2-10-11(24-20-17-10)12(21)16-13-18-19-14(23-13)22-7-8-3-5-9(15)6-4-8/h3-6H,2,7H2,1H3,(H,16,18,21). The Kier molecular flexibility index (Phi) is 5.48. The van der Waals surface area contributed by atoms with E-state index >= 15 is 0 Å². The average molecular weight is 381 g/mol. The third kappa shape index (κ3) is 4.13. The predicted octanol–water partition coefficient (Wildman–Crippen LogP) is 3.64. The van der Waals surface area contributed by atoms with E-state index in [4.69, 9.17) is 0 Å². The van der Waals surface area contributed by atoms with Gasteiger partial charge in [-0.3, -0.25) is 10.1 Å². The summed E-state index contributed by atoms with van der Waals surface area (Å²) in [4.78, 5) is 12.7. The van der Waals surface area contributed by atoms with Crippen LogP contribution in [0.1, 0.15) is 27.9 Å². The molecule has 6 nitrogen and oxygen atoms in total. The largest absolute Gasteiger partial charge is 0.296 e. The Labute approximate surface area is 149 Å². The molecule has 0 fully saturated rings. The molecule has 10 heteroatoms. The van der Waals surface area contributed by atoms with Crippen molar-refractivity contribution in [3.05, 3.63) is 46.2 Å². The van der Waals surface area contributed by atoms with Gasteiger partial charge in [0.2, 0.25) is 5.13 Å². The van der Waals surface area contributed by atoms with Gasteiger partial charge in [-0.1, -0.05) is 46.6 Å². The zero-order valence-electron chi connectivity index (χ0n) is 12.5. The van der Waals surface area contributed by atoms with Crippen LogP contribution in [0.2, 0.25) is 0 Å². The van der Waals surface area contributed by atoms with E-state index in [1.165, 1.54) is 35.2 Å². The molecule has 1 amide bonds. The minimum absolute atomic E-state index is 0.256. The summed E-state index contributed by atoms with van der Waals surface area (Å²) in [7, 11) is 0. The highest BCUT2D eigenvalue weighted by atomic mass is 32.2. The second-order valence-corrected chi connectivity index (χ2v) is 7.60. The SMILES string of the molecule is CCc1nnsc1C(=O)Nc1nnc(SCc2ccc(F)cc2)s1. The van der Waals surface area contributed by atoms with E-state index in [0.717, 1.165) is 21.4 Å². The van der Waals surface area contributed by atoms with Crippen LogP contribution in [0.5, 0.6) is 0 Å². The molecule has 0 aliphatic rings. The lowest BCUT2D eigenvalue weighted by atomic mass is 10.2. The highest BCUT2D eigenvalue weighted by Gasteiger charge is 2.17. The molecule has 0 radical (unpaired) electrons. The minimum atomic E-state index is -0.270. The zero-order chi connectivity index (χ0) is 16.9. The summed E-state index contributed by atoms with van der Waals surface area (Å²) in [5.41, 5.74) is 1.67. The fourth-order valence-corrected chi connectivity index (χ4v) is 4.16. The molecule has 0 bridgehead atoms. The van der Waals surface area contributed by atoms with Crippen molar-refractivity contribution in [1.29, 1.82) is 0 Å². The Morgan fingerprint density at radius 2 is 2.04 bits per heavy atom. The van der Waals surface area contributed by atoms with E-state index in [9.17, 15) is 9.18 Å². The normalized spacial score (nSPS) is 10.8. The van der Waals surface area contributed by atoms with Gasteiger partial charge in [-0.25, -0.2) is 4.39 Å². The van der Waals surface area contributed by atoms with Crippen LogP contribution in [0.25, 0.3) is 0 Å². The summed E-state index contributed by atoms with van der Waals surface area (Å²) in [6.07, 6.45) is 0.647. The van der Waals surface area contributed by atoms with Gasteiger partial charge in [-0.15, -0.1) is 15.3 Å². The molecule has 0 aliphatic heterocycles. The second-order valence-electron chi connectivity index (χ2n) is 4.64. The molecule has 124 valence electrons. The summed E-state index contributed by atoms with van der Waals surface area (Å²) in [5, 5.41) is 15.1. The maximum atomic E-state index is 12.9. The quantitative estimate of drug-likeness (QED) is 0.519. The molecule has 1 aromatic carbocycles. The van der Waals surface area contributed by atoms with Crippen molar-refractivity contribution >= 4 is 45.7 Å². The highest BCUT2D eigenvalue weighted by Crippen LogP contribution is 2.28. The zero-order valence-corrected chi connectivity index (χ0v) is 15.0. The van der Waals surface area contributed by atoms with Gasteiger partial charge in [0.25, 0.3) is 5.91 Å². The van der Waals surface area contributed by atoms with Gasteiger partial charge in [0, 0.05) is 5.75 Å². The van der Waals surface area contributed by atoms with E-state index in [-0.39, 0.29) is 11.7 Å². The Morgan fingerprint density at radius 3 is 2.79 bits per heavy atom. The van der Waals surface area contributed by atoms with Gasteiger partial charge in [-0.05, 0) is 35.6 Å². The molecule has 3 rings (SSSR count). The van der Waals surface area contributed by atoms with Crippen LogP contribution in [0.15, 0.2) is 28.6 Å². The molecule has 3 aromatic rings. The topological polar surface area (TPSA) is 80.7 Å². The summed E-state index contributed by atoms with van der Waals surface area (Å²) in [5.74, 6) is 0.128. The van der Waals surface area contributed by atoms with Gasteiger partial charge >= 0.3 is 0 Å². The van der Waals surface area contributed by atoms with E-state index in [2.05, 4.69) is 25.1 Å². The molecule has 0 atom stereocenters. The van der Waals surface area contributed by atoms with Gasteiger partial charge < -0.3 is 0 Å². The number of anilines is 1. The van der Waals surface area contributed by atoms with Crippen molar-refractivity contribution in [2.45, 2.75) is 23.4 Å². The number of halogens is 1. The molecular formula is C14H12FN5OS3. The number of hydrogen-bond acceptors (Lipinski definition) is 8. The minimum Gasteiger partial charge on any atom is -0.296 e. The number of nitrogens with zero attached hydrogens (tertiary/aromatic N) is 4. The van der Waals surface area contributed by atoms with Gasteiger partial charge in [0.1, 0.15) is 10.7 Å². The summed E-state index contributed by atoms with van der Waals surface area (Å²) in [6.45, 7) is 1.92. The van der Waals surface area contributed by atoms with Gasteiger partial charge in [-0.2, -0.15) is 0 Å². The van der Waals surface area contributed by atoms with Crippen molar-refractivity contribution in [2.24, 2.45) is 0 Å². The molecule has 0 aliphatic carbocycles. The van der Waals surface area contributed by atoms with E-state index < -0.39 is 0 Å². The number of carbonyl (C=O) groups is 1. The maximum absolute atomic E-state index is 12.9. The number of aromatic nitrogens is 4. The smallest absolute Gasteiger partial charge is 0.271 e. The van der Waals surface area contributed by atoms with Crippen LogP contribution in [-0.4, -0.2) is 25.7 Å².